The fraction of sp³-hybridized carbons (Fsp3) is 0.933. The third kappa shape index (κ3) is 12.8. The van der Waals surface area contributed by atoms with Crippen molar-refractivity contribution >= 4 is 16.9 Å². The molecule has 0 saturated heterocycles. The standard InChI is InChI=1S/C15H31O4S/c1-4-6-12-20(13-7-5-2)14-15(16)19-11-10-18-9-8-17-3/h4-14H2,1-3H3/q+1. The Kier molecular flexibility index (Phi) is 14.9. The minimum absolute atomic E-state index is 0.0733. The first-order valence-electron chi connectivity index (χ1n) is 7.60. The molecule has 0 N–H and O–H groups in total. The summed E-state index contributed by atoms with van der Waals surface area (Å²) >= 11 is 0. The lowest BCUT2D eigenvalue weighted by atomic mass is 10.4. The molecule has 0 unspecified atom stereocenters. The van der Waals surface area contributed by atoms with Crippen molar-refractivity contribution in [1.82, 2.24) is 0 Å². The molecule has 0 saturated carbocycles. The third-order valence-corrected chi connectivity index (χ3v) is 5.19. The summed E-state index contributed by atoms with van der Waals surface area (Å²) < 4.78 is 15.3. The lowest BCUT2D eigenvalue weighted by Crippen LogP contribution is -2.25. The summed E-state index contributed by atoms with van der Waals surface area (Å²) in [5.41, 5.74) is 0. The zero-order chi connectivity index (χ0) is 15.1. The number of esters is 1. The SMILES string of the molecule is CCCC[S+](CCCC)CC(=O)OCCOCCOC. The summed E-state index contributed by atoms with van der Waals surface area (Å²) in [7, 11) is 1.84. The summed E-state index contributed by atoms with van der Waals surface area (Å²) in [4.78, 5) is 11.8. The van der Waals surface area contributed by atoms with Crippen LogP contribution < -0.4 is 0 Å². The van der Waals surface area contributed by atoms with Gasteiger partial charge in [0.2, 0.25) is 5.75 Å². The van der Waals surface area contributed by atoms with Gasteiger partial charge in [-0.25, -0.2) is 4.79 Å². The van der Waals surface area contributed by atoms with E-state index in [1.54, 1.807) is 7.11 Å². The molecule has 5 heteroatoms. The monoisotopic (exact) mass is 307 g/mol. The Morgan fingerprint density at radius 1 is 0.950 bits per heavy atom. The molecule has 0 amide bonds. The molecule has 4 nitrogen and oxygen atoms in total. The topological polar surface area (TPSA) is 44.8 Å². The van der Waals surface area contributed by atoms with Crippen LogP contribution in [-0.4, -0.2) is 56.8 Å². The first-order valence-corrected chi connectivity index (χ1v) is 9.34. The van der Waals surface area contributed by atoms with Gasteiger partial charge in [0.1, 0.15) is 18.1 Å². The molecule has 0 aromatic carbocycles. The van der Waals surface area contributed by atoms with Gasteiger partial charge in [0.25, 0.3) is 0 Å². The molecule has 0 rings (SSSR count). The van der Waals surface area contributed by atoms with E-state index in [2.05, 4.69) is 13.8 Å². The van der Waals surface area contributed by atoms with Crippen molar-refractivity contribution in [2.24, 2.45) is 0 Å². The van der Waals surface area contributed by atoms with Crippen LogP contribution in [0.15, 0.2) is 0 Å². The van der Waals surface area contributed by atoms with Crippen LogP contribution >= 0.6 is 0 Å². The van der Waals surface area contributed by atoms with E-state index in [0.717, 1.165) is 11.5 Å². The van der Waals surface area contributed by atoms with E-state index in [1.165, 1.54) is 25.7 Å². The minimum Gasteiger partial charge on any atom is -0.460 e. The first-order chi connectivity index (χ1) is 9.74. The van der Waals surface area contributed by atoms with E-state index in [1.807, 2.05) is 0 Å². The lowest BCUT2D eigenvalue weighted by Gasteiger charge is -2.09. The van der Waals surface area contributed by atoms with Crippen molar-refractivity contribution in [2.45, 2.75) is 39.5 Å². The number of methoxy groups -OCH3 is 1. The summed E-state index contributed by atoms with van der Waals surface area (Å²) in [6.45, 7) is 6.30. The molecule has 0 bridgehead atoms. The molecule has 0 heterocycles. The highest BCUT2D eigenvalue weighted by atomic mass is 32.2. The maximum atomic E-state index is 11.8. The number of ether oxygens (including phenoxy) is 3. The summed E-state index contributed by atoms with van der Waals surface area (Å²) in [6, 6.07) is 0. The zero-order valence-electron chi connectivity index (χ0n) is 13.3. The second kappa shape index (κ2) is 15.1. The van der Waals surface area contributed by atoms with Gasteiger partial charge in [0, 0.05) is 7.11 Å². The summed E-state index contributed by atoms with van der Waals surface area (Å²) in [5.74, 6) is 2.83. The number of carbonyl (C=O) groups excluding carboxylic acids is 1. The number of rotatable bonds is 14. The molecule has 0 aliphatic carbocycles. The molecule has 20 heavy (non-hydrogen) atoms. The Morgan fingerprint density at radius 2 is 1.55 bits per heavy atom. The van der Waals surface area contributed by atoms with Crippen molar-refractivity contribution in [3.63, 3.8) is 0 Å². The molecule has 0 spiro atoms. The quantitative estimate of drug-likeness (QED) is 0.281. The van der Waals surface area contributed by atoms with Gasteiger partial charge >= 0.3 is 5.97 Å². The van der Waals surface area contributed by atoms with Crippen LogP contribution in [0.1, 0.15) is 39.5 Å². The van der Waals surface area contributed by atoms with Gasteiger partial charge in [-0.2, -0.15) is 0 Å². The largest absolute Gasteiger partial charge is 0.460 e. The van der Waals surface area contributed by atoms with Crippen LogP contribution in [0.3, 0.4) is 0 Å². The highest BCUT2D eigenvalue weighted by Crippen LogP contribution is 2.06. The van der Waals surface area contributed by atoms with E-state index in [4.69, 9.17) is 14.2 Å². The van der Waals surface area contributed by atoms with Crippen molar-refractivity contribution in [1.29, 1.82) is 0 Å². The van der Waals surface area contributed by atoms with E-state index in [-0.39, 0.29) is 16.9 Å². The molecule has 0 aromatic rings. The van der Waals surface area contributed by atoms with Gasteiger partial charge in [-0.3, -0.25) is 0 Å². The van der Waals surface area contributed by atoms with E-state index in [9.17, 15) is 4.79 Å². The smallest absolute Gasteiger partial charge is 0.356 e. The molecule has 0 aromatic heterocycles. The van der Waals surface area contributed by atoms with Gasteiger partial charge < -0.3 is 14.2 Å². The van der Waals surface area contributed by atoms with E-state index < -0.39 is 0 Å². The average molecular weight is 307 g/mol. The van der Waals surface area contributed by atoms with Crippen LogP contribution in [0.5, 0.6) is 0 Å². The van der Waals surface area contributed by atoms with Crippen molar-refractivity contribution in [3.05, 3.63) is 0 Å². The maximum absolute atomic E-state index is 11.8. The van der Waals surface area contributed by atoms with Gasteiger partial charge in [-0.1, -0.05) is 26.7 Å². The molecule has 0 atom stereocenters. The predicted molar refractivity (Wildman–Crippen MR) is 85.4 cm³/mol. The zero-order valence-corrected chi connectivity index (χ0v) is 14.1. The second-order valence-corrected chi connectivity index (χ2v) is 7.03. The Bertz CT molecular complexity index is 216. The van der Waals surface area contributed by atoms with Gasteiger partial charge in [-0.15, -0.1) is 0 Å². The molecule has 0 fully saturated rings. The number of hydrogen-bond donors (Lipinski definition) is 0. The Labute approximate surface area is 126 Å². The van der Waals surface area contributed by atoms with Crippen LogP contribution in [0.2, 0.25) is 0 Å². The van der Waals surface area contributed by atoms with Gasteiger partial charge in [0.05, 0.1) is 19.8 Å². The molecular weight excluding hydrogens is 276 g/mol. The van der Waals surface area contributed by atoms with Crippen molar-refractivity contribution in [3.8, 4) is 0 Å². The molecule has 0 aliphatic heterocycles. The number of hydrogen-bond acceptors (Lipinski definition) is 4. The summed E-state index contributed by atoms with van der Waals surface area (Å²) in [5, 5.41) is 0. The fourth-order valence-corrected chi connectivity index (χ4v) is 3.91. The second-order valence-electron chi connectivity index (χ2n) is 4.70. The highest BCUT2D eigenvalue weighted by Gasteiger charge is 2.22. The third-order valence-electron chi connectivity index (χ3n) is 2.82. The van der Waals surface area contributed by atoms with Crippen LogP contribution in [0, 0.1) is 0 Å². The summed E-state index contributed by atoms with van der Waals surface area (Å²) in [6.07, 6.45) is 4.80. The van der Waals surface area contributed by atoms with E-state index >= 15 is 0 Å². The van der Waals surface area contributed by atoms with Crippen LogP contribution in [0.4, 0.5) is 0 Å². The Balaban J connectivity index is 3.70. The Hall–Kier alpha value is -0.260. The Morgan fingerprint density at radius 3 is 2.10 bits per heavy atom. The number of carbonyl (C=O) groups is 1. The van der Waals surface area contributed by atoms with Crippen molar-refractivity contribution < 1.29 is 19.0 Å². The van der Waals surface area contributed by atoms with Crippen molar-refractivity contribution in [2.75, 3.05) is 50.8 Å². The first kappa shape index (κ1) is 19.7. The van der Waals surface area contributed by atoms with Gasteiger partial charge in [-0.05, 0) is 23.7 Å². The molecule has 120 valence electrons. The molecule has 0 aliphatic rings. The van der Waals surface area contributed by atoms with Gasteiger partial charge in [0.15, 0.2) is 0 Å². The average Bonchev–Trinajstić information content (AvgIpc) is 2.45. The molecule has 0 radical (unpaired) electrons. The lowest BCUT2D eigenvalue weighted by molar-refractivity contribution is -0.142. The fourth-order valence-electron chi connectivity index (χ4n) is 1.61. The van der Waals surface area contributed by atoms with Crippen LogP contribution in [-0.2, 0) is 29.9 Å². The minimum atomic E-state index is -0.0733. The number of unbranched alkanes of at least 4 members (excludes halogenated alkanes) is 2. The normalized spacial score (nSPS) is 11.0. The van der Waals surface area contributed by atoms with Crippen LogP contribution in [0.25, 0.3) is 0 Å². The predicted octanol–water partition coefficient (Wildman–Crippen LogP) is 2.41. The van der Waals surface area contributed by atoms with E-state index in [0.29, 0.717) is 32.2 Å². The highest BCUT2D eigenvalue weighted by molar-refractivity contribution is 7.97. The molecular formula is C15H31O4S+. The maximum Gasteiger partial charge on any atom is 0.356 e.